The molecule has 2 rings (SSSR count). The molecule has 4 nitrogen and oxygen atoms in total. The molecule has 1 aromatic rings. The molecule has 1 aromatic carbocycles. The number of rotatable bonds is 2. The molecule has 1 fully saturated rings. The first-order chi connectivity index (χ1) is 9.86. The van der Waals surface area contributed by atoms with Crippen LogP contribution in [0.4, 0.5) is 23.7 Å². The van der Waals surface area contributed by atoms with Crippen LogP contribution in [0.3, 0.4) is 0 Å². The van der Waals surface area contributed by atoms with E-state index in [2.05, 4.69) is 5.32 Å². The van der Waals surface area contributed by atoms with E-state index in [0.717, 1.165) is 31.4 Å². The molecule has 2 unspecified atom stereocenters. The summed E-state index contributed by atoms with van der Waals surface area (Å²) in [5.74, 6) is 0. The fourth-order valence-corrected chi connectivity index (χ4v) is 2.33. The van der Waals surface area contributed by atoms with Crippen LogP contribution in [0, 0.1) is 0 Å². The maximum absolute atomic E-state index is 12.6. The summed E-state index contributed by atoms with van der Waals surface area (Å²) in [5, 5.41) is 2.31. The van der Waals surface area contributed by atoms with Crippen LogP contribution in [0.1, 0.15) is 31.2 Å². The number of hydrogen-bond donors (Lipinski definition) is 2. The maximum atomic E-state index is 12.6. The van der Waals surface area contributed by atoms with Crippen molar-refractivity contribution in [2.45, 2.75) is 44.0 Å². The molecule has 0 radical (unpaired) electrons. The van der Waals surface area contributed by atoms with Crippen LogP contribution in [-0.2, 0) is 10.9 Å². The highest BCUT2D eigenvalue weighted by molar-refractivity contribution is 5.84. The average Bonchev–Trinajstić information content (AvgIpc) is 2.41. The van der Waals surface area contributed by atoms with Gasteiger partial charge in [-0.15, -0.1) is 0 Å². The van der Waals surface area contributed by atoms with Crippen molar-refractivity contribution in [3.63, 3.8) is 0 Å². The second-order valence-corrected chi connectivity index (χ2v) is 5.10. The topological polar surface area (TPSA) is 64.3 Å². The number of carbonyl (C=O) groups excluding carboxylic acids is 1. The number of ether oxygens (including phenoxy) is 1. The van der Waals surface area contributed by atoms with Crippen molar-refractivity contribution in [1.82, 2.24) is 0 Å². The normalized spacial score (nSPS) is 22.7. The molecule has 0 bridgehead atoms. The number of carbonyl (C=O) groups is 1. The molecule has 1 aliphatic carbocycles. The first-order valence-corrected chi connectivity index (χ1v) is 6.77. The van der Waals surface area contributed by atoms with Gasteiger partial charge in [0.1, 0.15) is 6.10 Å². The number of halogens is 3. The van der Waals surface area contributed by atoms with Gasteiger partial charge >= 0.3 is 12.3 Å². The quantitative estimate of drug-likeness (QED) is 0.878. The number of amides is 1. The van der Waals surface area contributed by atoms with E-state index < -0.39 is 17.8 Å². The Morgan fingerprint density at radius 1 is 1.29 bits per heavy atom. The molecule has 0 aliphatic heterocycles. The highest BCUT2D eigenvalue weighted by atomic mass is 19.4. The molecule has 7 heteroatoms. The average molecular weight is 302 g/mol. The minimum absolute atomic E-state index is 0.0409. The molecule has 116 valence electrons. The van der Waals surface area contributed by atoms with Gasteiger partial charge in [0.25, 0.3) is 0 Å². The van der Waals surface area contributed by atoms with Crippen molar-refractivity contribution in [2.24, 2.45) is 5.73 Å². The molecule has 3 N–H and O–H groups in total. The number of nitrogens with two attached hydrogens (primary N) is 1. The van der Waals surface area contributed by atoms with Gasteiger partial charge in [-0.1, -0.05) is 12.5 Å². The molecule has 2 atom stereocenters. The summed E-state index contributed by atoms with van der Waals surface area (Å²) in [6.07, 6.45) is -2.24. The van der Waals surface area contributed by atoms with Crippen LogP contribution in [0.2, 0.25) is 0 Å². The van der Waals surface area contributed by atoms with Crippen molar-refractivity contribution in [3.8, 4) is 0 Å². The van der Waals surface area contributed by atoms with Gasteiger partial charge in [0.2, 0.25) is 0 Å². The Balaban J connectivity index is 1.96. The summed E-state index contributed by atoms with van der Waals surface area (Å²) in [6.45, 7) is 0. The van der Waals surface area contributed by atoms with E-state index >= 15 is 0 Å². The van der Waals surface area contributed by atoms with E-state index in [4.69, 9.17) is 10.5 Å². The van der Waals surface area contributed by atoms with E-state index in [-0.39, 0.29) is 17.8 Å². The zero-order valence-electron chi connectivity index (χ0n) is 11.3. The smallest absolute Gasteiger partial charge is 0.416 e. The number of benzene rings is 1. The predicted molar refractivity (Wildman–Crippen MR) is 71.8 cm³/mol. The largest absolute Gasteiger partial charge is 0.444 e. The zero-order chi connectivity index (χ0) is 15.5. The summed E-state index contributed by atoms with van der Waals surface area (Å²) in [4.78, 5) is 11.7. The number of hydrogen-bond acceptors (Lipinski definition) is 3. The van der Waals surface area contributed by atoms with Crippen molar-refractivity contribution >= 4 is 11.8 Å². The van der Waals surface area contributed by atoms with E-state index in [9.17, 15) is 18.0 Å². The first-order valence-electron chi connectivity index (χ1n) is 6.77. The Morgan fingerprint density at radius 2 is 2.00 bits per heavy atom. The lowest BCUT2D eigenvalue weighted by Gasteiger charge is -2.28. The Bertz CT molecular complexity index is 505. The molecule has 0 spiro atoms. The van der Waals surface area contributed by atoms with Crippen LogP contribution >= 0.6 is 0 Å². The van der Waals surface area contributed by atoms with Gasteiger partial charge in [-0.3, -0.25) is 5.32 Å². The van der Waals surface area contributed by atoms with Gasteiger partial charge in [-0.25, -0.2) is 4.79 Å². The molecule has 21 heavy (non-hydrogen) atoms. The Kier molecular flexibility index (Phi) is 4.72. The standard InChI is InChI=1S/C14H17F3N2O2/c15-14(16,17)9-4-3-5-10(8-9)19-13(20)21-12-7-2-1-6-11(12)18/h3-5,8,11-12H,1-2,6-7,18H2,(H,19,20). The third-order valence-electron chi connectivity index (χ3n) is 3.45. The monoisotopic (exact) mass is 302 g/mol. The Labute approximate surface area is 120 Å². The van der Waals surface area contributed by atoms with Crippen LogP contribution in [0.5, 0.6) is 0 Å². The Hall–Kier alpha value is -1.76. The number of nitrogens with one attached hydrogen (secondary N) is 1. The summed E-state index contributed by atoms with van der Waals surface area (Å²) in [6, 6.07) is 4.18. The molecule has 0 heterocycles. The molecule has 0 saturated heterocycles. The van der Waals surface area contributed by atoms with Gasteiger partial charge in [0, 0.05) is 11.7 Å². The van der Waals surface area contributed by atoms with E-state index in [1.54, 1.807) is 0 Å². The third-order valence-corrected chi connectivity index (χ3v) is 3.45. The van der Waals surface area contributed by atoms with Crippen molar-refractivity contribution < 1.29 is 22.7 Å². The summed E-state index contributed by atoms with van der Waals surface area (Å²) < 4.78 is 42.9. The van der Waals surface area contributed by atoms with Crippen LogP contribution in [-0.4, -0.2) is 18.2 Å². The first kappa shape index (κ1) is 15.6. The maximum Gasteiger partial charge on any atom is 0.416 e. The summed E-state index contributed by atoms with van der Waals surface area (Å²) in [5.41, 5.74) is 5.06. The molecule has 1 amide bonds. The van der Waals surface area contributed by atoms with Gasteiger partial charge in [-0.2, -0.15) is 13.2 Å². The molecular weight excluding hydrogens is 285 g/mol. The Morgan fingerprint density at radius 3 is 2.67 bits per heavy atom. The van der Waals surface area contributed by atoms with Crippen molar-refractivity contribution in [3.05, 3.63) is 29.8 Å². The fraction of sp³-hybridized carbons (Fsp3) is 0.500. The second kappa shape index (κ2) is 6.34. The van der Waals surface area contributed by atoms with Gasteiger partial charge in [0.15, 0.2) is 0 Å². The predicted octanol–water partition coefficient (Wildman–Crippen LogP) is 3.52. The van der Waals surface area contributed by atoms with Gasteiger partial charge in [-0.05, 0) is 37.5 Å². The lowest BCUT2D eigenvalue weighted by atomic mass is 9.93. The SMILES string of the molecule is NC1CCCCC1OC(=O)Nc1cccc(C(F)(F)F)c1. The van der Waals surface area contributed by atoms with E-state index in [1.807, 2.05) is 0 Å². The number of anilines is 1. The van der Waals surface area contributed by atoms with Crippen molar-refractivity contribution in [2.75, 3.05) is 5.32 Å². The minimum atomic E-state index is -4.45. The number of alkyl halides is 3. The molecular formula is C14H17F3N2O2. The fourth-order valence-electron chi connectivity index (χ4n) is 2.33. The molecule has 0 aromatic heterocycles. The highest BCUT2D eigenvalue weighted by Crippen LogP contribution is 2.30. The molecule has 1 saturated carbocycles. The third kappa shape index (κ3) is 4.35. The summed E-state index contributed by atoms with van der Waals surface area (Å²) in [7, 11) is 0. The van der Waals surface area contributed by atoms with Gasteiger partial charge in [0.05, 0.1) is 5.56 Å². The van der Waals surface area contributed by atoms with E-state index in [1.165, 1.54) is 12.1 Å². The van der Waals surface area contributed by atoms with Crippen LogP contribution in [0.25, 0.3) is 0 Å². The van der Waals surface area contributed by atoms with Crippen LogP contribution in [0.15, 0.2) is 24.3 Å². The van der Waals surface area contributed by atoms with Crippen LogP contribution < -0.4 is 11.1 Å². The lowest BCUT2D eigenvalue weighted by molar-refractivity contribution is -0.137. The second-order valence-electron chi connectivity index (χ2n) is 5.10. The lowest BCUT2D eigenvalue weighted by Crippen LogP contribution is -2.41. The summed E-state index contributed by atoms with van der Waals surface area (Å²) >= 11 is 0. The highest BCUT2D eigenvalue weighted by Gasteiger charge is 2.30. The zero-order valence-corrected chi connectivity index (χ0v) is 11.3. The van der Waals surface area contributed by atoms with Crippen molar-refractivity contribution in [1.29, 1.82) is 0 Å². The van der Waals surface area contributed by atoms with Gasteiger partial charge < -0.3 is 10.5 Å². The van der Waals surface area contributed by atoms with E-state index in [0.29, 0.717) is 6.42 Å². The molecule has 1 aliphatic rings. The minimum Gasteiger partial charge on any atom is -0.444 e.